The second-order valence-electron chi connectivity index (χ2n) is 5.31. The van der Waals surface area contributed by atoms with Crippen LogP contribution in [0.25, 0.3) is 6.08 Å². The number of nitro groups is 1. The number of amides is 1. The summed E-state index contributed by atoms with van der Waals surface area (Å²) in [6, 6.07) is 9.61. The van der Waals surface area contributed by atoms with Crippen LogP contribution in [0.2, 0.25) is 5.02 Å². The SMILES string of the molecule is C[C@@H](OC(=O)/C=C/c1c(F)cccc1Cl)C(=O)Nc1ccccc1[N+](=O)[O-]. The van der Waals surface area contributed by atoms with Gasteiger partial charge in [0.25, 0.3) is 11.6 Å². The zero-order valence-electron chi connectivity index (χ0n) is 14.0. The van der Waals surface area contributed by atoms with E-state index in [1.807, 2.05) is 0 Å². The van der Waals surface area contributed by atoms with Gasteiger partial charge >= 0.3 is 5.97 Å². The third-order valence-electron chi connectivity index (χ3n) is 3.41. The second-order valence-corrected chi connectivity index (χ2v) is 5.72. The summed E-state index contributed by atoms with van der Waals surface area (Å²) >= 11 is 5.84. The van der Waals surface area contributed by atoms with Crippen LogP contribution in [0.15, 0.2) is 48.5 Å². The molecule has 1 atom stereocenters. The predicted octanol–water partition coefficient (Wildman–Crippen LogP) is 3.97. The lowest BCUT2D eigenvalue weighted by Crippen LogP contribution is -2.29. The van der Waals surface area contributed by atoms with Crippen LogP contribution in [0.3, 0.4) is 0 Å². The molecule has 0 radical (unpaired) electrons. The van der Waals surface area contributed by atoms with Gasteiger partial charge in [-0.3, -0.25) is 14.9 Å². The van der Waals surface area contributed by atoms with Crippen molar-refractivity contribution in [2.45, 2.75) is 13.0 Å². The Labute approximate surface area is 158 Å². The van der Waals surface area contributed by atoms with Gasteiger partial charge in [-0.25, -0.2) is 9.18 Å². The summed E-state index contributed by atoms with van der Waals surface area (Å²) in [6.45, 7) is 1.30. The van der Waals surface area contributed by atoms with Crippen LogP contribution in [0.4, 0.5) is 15.8 Å². The topological polar surface area (TPSA) is 98.5 Å². The molecular weight excluding hydrogens is 379 g/mol. The molecule has 0 bridgehead atoms. The maximum atomic E-state index is 13.6. The van der Waals surface area contributed by atoms with Crippen molar-refractivity contribution in [3.63, 3.8) is 0 Å². The van der Waals surface area contributed by atoms with E-state index in [9.17, 15) is 24.1 Å². The maximum Gasteiger partial charge on any atom is 0.331 e. The minimum Gasteiger partial charge on any atom is -0.449 e. The number of benzene rings is 2. The minimum atomic E-state index is -1.24. The van der Waals surface area contributed by atoms with E-state index >= 15 is 0 Å². The standard InChI is InChI=1S/C18H14ClFN2O5/c1-11(18(24)21-15-7-2-3-8-16(15)22(25)26)27-17(23)10-9-12-13(19)5-4-6-14(12)20/h2-11H,1H3,(H,21,24)/b10-9+/t11-/m1/s1. The van der Waals surface area contributed by atoms with E-state index in [4.69, 9.17) is 16.3 Å². The number of para-hydroxylation sites is 2. The molecule has 27 heavy (non-hydrogen) atoms. The normalized spacial score (nSPS) is 11.8. The monoisotopic (exact) mass is 392 g/mol. The number of nitro benzene ring substituents is 1. The van der Waals surface area contributed by atoms with E-state index in [1.54, 1.807) is 0 Å². The Morgan fingerprint density at radius 3 is 2.63 bits per heavy atom. The van der Waals surface area contributed by atoms with Crippen molar-refractivity contribution in [3.8, 4) is 0 Å². The van der Waals surface area contributed by atoms with Crippen molar-refractivity contribution >= 4 is 40.9 Å². The fourth-order valence-electron chi connectivity index (χ4n) is 2.06. The molecule has 0 aliphatic rings. The summed E-state index contributed by atoms with van der Waals surface area (Å²) in [5.41, 5.74) is -0.310. The van der Waals surface area contributed by atoms with Crippen LogP contribution < -0.4 is 5.32 Å². The lowest BCUT2D eigenvalue weighted by atomic mass is 10.2. The molecule has 0 unspecified atom stereocenters. The Morgan fingerprint density at radius 1 is 1.26 bits per heavy atom. The molecular formula is C18H14ClFN2O5. The van der Waals surface area contributed by atoms with Crippen molar-refractivity contribution in [1.82, 2.24) is 0 Å². The number of esters is 1. The quantitative estimate of drug-likeness (QED) is 0.347. The first-order valence-electron chi connectivity index (χ1n) is 7.66. The van der Waals surface area contributed by atoms with E-state index in [0.29, 0.717) is 0 Å². The highest BCUT2D eigenvalue weighted by atomic mass is 35.5. The first-order chi connectivity index (χ1) is 12.8. The molecule has 9 heteroatoms. The van der Waals surface area contributed by atoms with Gasteiger partial charge in [0.15, 0.2) is 6.10 Å². The molecule has 0 aromatic heterocycles. The van der Waals surface area contributed by atoms with Gasteiger partial charge < -0.3 is 10.1 Å². The Morgan fingerprint density at radius 2 is 1.96 bits per heavy atom. The van der Waals surface area contributed by atoms with Crippen molar-refractivity contribution in [1.29, 1.82) is 0 Å². The molecule has 0 saturated carbocycles. The Balaban J connectivity index is 2.01. The largest absolute Gasteiger partial charge is 0.449 e. The number of carbonyl (C=O) groups excluding carboxylic acids is 2. The van der Waals surface area contributed by atoms with Crippen LogP contribution >= 0.6 is 11.6 Å². The summed E-state index contributed by atoms with van der Waals surface area (Å²) in [7, 11) is 0. The van der Waals surface area contributed by atoms with Crippen molar-refractivity contribution in [3.05, 3.63) is 75.1 Å². The first kappa shape index (κ1) is 20.1. The van der Waals surface area contributed by atoms with E-state index in [-0.39, 0.29) is 22.0 Å². The fraction of sp³-hybridized carbons (Fsp3) is 0.111. The number of hydrogen-bond acceptors (Lipinski definition) is 5. The molecule has 2 aromatic carbocycles. The zero-order chi connectivity index (χ0) is 20.0. The molecule has 2 aromatic rings. The van der Waals surface area contributed by atoms with Crippen molar-refractivity contribution in [2.75, 3.05) is 5.32 Å². The summed E-state index contributed by atoms with van der Waals surface area (Å²) in [5, 5.41) is 13.4. The van der Waals surface area contributed by atoms with Crippen LogP contribution in [-0.2, 0) is 14.3 Å². The molecule has 7 nitrogen and oxygen atoms in total. The van der Waals surface area contributed by atoms with E-state index in [2.05, 4.69) is 5.32 Å². The third kappa shape index (κ3) is 5.35. The van der Waals surface area contributed by atoms with Gasteiger partial charge in [-0.2, -0.15) is 0 Å². The number of hydrogen-bond donors (Lipinski definition) is 1. The predicted molar refractivity (Wildman–Crippen MR) is 97.7 cm³/mol. The van der Waals surface area contributed by atoms with Gasteiger partial charge in [-0.1, -0.05) is 29.8 Å². The van der Waals surface area contributed by atoms with Crippen molar-refractivity contribution < 1.29 is 23.6 Å². The summed E-state index contributed by atoms with van der Waals surface area (Å²) in [4.78, 5) is 34.2. The Bertz CT molecular complexity index is 896. The highest BCUT2D eigenvalue weighted by molar-refractivity contribution is 6.32. The average Bonchev–Trinajstić information content (AvgIpc) is 2.61. The summed E-state index contributed by atoms with van der Waals surface area (Å²) in [6.07, 6.45) is 0.823. The highest BCUT2D eigenvalue weighted by Gasteiger charge is 2.21. The van der Waals surface area contributed by atoms with E-state index in [1.165, 1.54) is 49.4 Å². The molecule has 0 heterocycles. The number of carbonyl (C=O) groups is 2. The van der Waals surface area contributed by atoms with Crippen molar-refractivity contribution in [2.24, 2.45) is 0 Å². The van der Waals surface area contributed by atoms with Gasteiger partial charge in [-0.15, -0.1) is 0 Å². The second kappa shape index (κ2) is 8.91. The maximum absolute atomic E-state index is 13.6. The molecule has 0 spiro atoms. The molecule has 0 saturated heterocycles. The number of rotatable bonds is 6. The van der Waals surface area contributed by atoms with Gasteiger partial charge in [0.1, 0.15) is 11.5 Å². The zero-order valence-corrected chi connectivity index (χ0v) is 14.8. The average molecular weight is 393 g/mol. The smallest absolute Gasteiger partial charge is 0.331 e. The van der Waals surface area contributed by atoms with Crippen LogP contribution in [0.1, 0.15) is 12.5 Å². The Hall–Kier alpha value is -3.26. The first-order valence-corrected chi connectivity index (χ1v) is 8.04. The fourth-order valence-corrected chi connectivity index (χ4v) is 2.29. The number of anilines is 1. The van der Waals surface area contributed by atoms with Gasteiger partial charge in [-0.05, 0) is 31.2 Å². The molecule has 1 amide bonds. The molecule has 1 N–H and O–H groups in total. The van der Waals surface area contributed by atoms with E-state index < -0.39 is 28.7 Å². The van der Waals surface area contributed by atoms with Crippen LogP contribution in [0.5, 0.6) is 0 Å². The molecule has 0 aliphatic carbocycles. The highest BCUT2D eigenvalue weighted by Crippen LogP contribution is 2.23. The van der Waals surface area contributed by atoms with Gasteiger partial charge in [0.05, 0.1) is 9.95 Å². The van der Waals surface area contributed by atoms with Crippen LogP contribution in [-0.4, -0.2) is 22.9 Å². The summed E-state index contributed by atoms with van der Waals surface area (Å²) in [5.74, 6) is -2.27. The van der Waals surface area contributed by atoms with Gasteiger partial charge in [0, 0.05) is 17.7 Å². The number of nitrogens with zero attached hydrogens (tertiary/aromatic N) is 1. The lowest BCUT2D eigenvalue weighted by molar-refractivity contribution is -0.383. The minimum absolute atomic E-state index is 0.00753. The number of halogens is 2. The summed E-state index contributed by atoms with van der Waals surface area (Å²) < 4.78 is 18.5. The number of nitrogens with one attached hydrogen (secondary N) is 1. The van der Waals surface area contributed by atoms with Gasteiger partial charge in [0.2, 0.25) is 0 Å². The molecule has 140 valence electrons. The third-order valence-corrected chi connectivity index (χ3v) is 3.74. The molecule has 0 aliphatic heterocycles. The lowest BCUT2D eigenvalue weighted by Gasteiger charge is -2.12. The van der Waals surface area contributed by atoms with Crippen LogP contribution in [0, 0.1) is 15.9 Å². The molecule has 0 fully saturated rings. The van der Waals surface area contributed by atoms with E-state index in [0.717, 1.165) is 12.2 Å². The number of ether oxygens (including phenoxy) is 1. The Kier molecular flexibility index (Phi) is 6.62. The molecule has 2 rings (SSSR count).